The number of carbonyl (C=O) groups excluding carboxylic acids is 2. The molecule has 0 aromatic heterocycles. The normalized spacial score (nSPS) is 9.92. The highest BCUT2D eigenvalue weighted by molar-refractivity contribution is 7.80. The number of nitrogens with one attached hydrogen (secondary N) is 2. The second-order valence-corrected chi connectivity index (χ2v) is 5.08. The Kier molecular flexibility index (Phi) is 9.40. The molecule has 0 heterocycles. The molecule has 1 amide bonds. The molecule has 0 radical (unpaired) electrons. The zero-order chi connectivity index (χ0) is 17.8. The third kappa shape index (κ3) is 8.44. The van der Waals surface area contributed by atoms with Crippen molar-refractivity contribution in [3.63, 3.8) is 0 Å². The van der Waals surface area contributed by atoms with E-state index in [1.807, 2.05) is 6.92 Å². The molecule has 0 unspecified atom stereocenters. The molecule has 8 heteroatoms. The first-order valence-electron chi connectivity index (χ1n) is 7.53. The number of amides is 1. The molecule has 0 fully saturated rings. The summed E-state index contributed by atoms with van der Waals surface area (Å²) in [6.45, 7) is 3.00. The van der Waals surface area contributed by atoms with Gasteiger partial charge in [-0.05, 0) is 43.4 Å². The molecule has 2 N–H and O–H groups in total. The van der Waals surface area contributed by atoms with Crippen molar-refractivity contribution in [2.45, 2.75) is 19.8 Å². The van der Waals surface area contributed by atoms with E-state index in [9.17, 15) is 9.59 Å². The van der Waals surface area contributed by atoms with Crippen LogP contribution < -0.4 is 15.4 Å². The molecule has 0 spiro atoms. The third-order valence-electron chi connectivity index (χ3n) is 2.78. The Labute approximate surface area is 146 Å². The summed E-state index contributed by atoms with van der Waals surface area (Å²) < 4.78 is 15.0. The zero-order valence-electron chi connectivity index (χ0n) is 13.8. The Morgan fingerprint density at radius 2 is 1.83 bits per heavy atom. The molecule has 0 aliphatic heterocycles. The topological polar surface area (TPSA) is 85.9 Å². The van der Waals surface area contributed by atoms with Gasteiger partial charge in [0.1, 0.15) is 12.4 Å². The van der Waals surface area contributed by atoms with Gasteiger partial charge in [0.05, 0.1) is 19.6 Å². The summed E-state index contributed by atoms with van der Waals surface area (Å²) in [6.07, 6.45) is -0.0157. The van der Waals surface area contributed by atoms with Crippen molar-refractivity contribution in [2.75, 3.05) is 32.2 Å². The average molecular weight is 354 g/mol. The summed E-state index contributed by atoms with van der Waals surface area (Å²) in [7, 11) is 1.51. The number of thiocarbonyl (C=S) groups is 1. The van der Waals surface area contributed by atoms with Gasteiger partial charge in [-0.25, -0.2) is 0 Å². The van der Waals surface area contributed by atoms with Crippen LogP contribution in [0, 0.1) is 0 Å². The summed E-state index contributed by atoms with van der Waals surface area (Å²) in [5, 5.41) is 5.56. The summed E-state index contributed by atoms with van der Waals surface area (Å²) >= 11 is 5.05. The van der Waals surface area contributed by atoms with Gasteiger partial charge in [-0.2, -0.15) is 0 Å². The molecule has 1 aromatic rings. The molecular formula is C16H22N2O5S. The van der Waals surface area contributed by atoms with Crippen molar-refractivity contribution in [3.05, 3.63) is 24.3 Å². The lowest BCUT2D eigenvalue weighted by Gasteiger charge is -2.10. The quantitative estimate of drug-likeness (QED) is 0.398. The number of ether oxygens (including phenoxy) is 3. The maximum absolute atomic E-state index is 11.7. The molecule has 24 heavy (non-hydrogen) atoms. The van der Waals surface area contributed by atoms with Gasteiger partial charge in [0.15, 0.2) is 5.11 Å². The fourth-order valence-corrected chi connectivity index (χ4v) is 1.91. The molecule has 0 saturated heterocycles. The second-order valence-electron chi connectivity index (χ2n) is 4.67. The van der Waals surface area contributed by atoms with Crippen LogP contribution in [-0.4, -0.2) is 43.9 Å². The van der Waals surface area contributed by atoms with Crippen LogP contribution >= 0.6 is 12.2 Å². The highest BCUT2D eigenvalue weighted by atomic mass is 32.1. The predicted octanol–water partition coefficient (Wildman–Crippen LogP) is 1.87. The van der Waals surface area contributed by atoms with E-state index in [2.05, 4.69) is 10.6 Å². The lowest BCUT2D eigenvalue weighted by atomic mass is 10.3. The number of anilines is 1. The zero-order valence-corrected chi connectivity index (χ0v) is 14.6. The maximum atomic E-state index is 11.7. The molecule has 132 valence electrons. The van der Waals surface area contributed by atoms with Crippen LogP contribution in [-0.2, 0) is 19.1 Å². The van der Waals surface area contributed by atoms with Crippen molar-refractivity contribution < 1.29 is 23.8 Å². The molecule has 0 aliphatic carbocycles. The SMILES string of the molecule is CCOc1ccc(NC(=S)NC(=O)CCC(=O)OCCOC)cc1. The van der Waals surface area contributed by atoms with E-state index in [-0.39, 0.29) is 30.5 Å². The van der Waals surface area contributed by atoms with E-state index in [0.717, 1.165) is 11.4 Å². The largest absolute Gasteiger partial charge is 0.494 e. The van der Waals surface area contributed by atoms with E-state index in [4.69, 9.17) is 26.4 Å². The van der Waals surface area contributed by atoms with Gasteiger partial charge in [-0.15, -0.1) is 0 Å². The van der Waals surface area contributed by atoms with Crippen LogP contribution in [0.4, 0.5) is 5.69 Å². The van der Waals surface area contributed by atoms with Gasteiger partial charge in [0.25, 0.3) is 0 Å². The number of carbonyl (C=O) groups is 2. The van der Waals surface area contributed by atoms with Crippen LogP contribution in [0.5, 0.6) is 5.75 Å². The van der Waals surface area contributed by atoms with Crippen LogP contribution in [0.3, 0.4) is 0 Å². The first-order valence-corrected chi connectivity index (χ1v) is 7.94. The van der Waals surface area contributed by atoms with Gasteiger partial charge in [-0.1, -0.05) is 0 Å². The number of esters is 1. The van der Waals surface area contributed by atoms with E-state index >= 15 is 0 Å². The van der Waals surface area contributed by atoms with Crippen LogP contribution in [0.1, 0.15) is 19.8 Å². The Morgan fingerprint density at radius 3 is 2.46 bits per heavy atom. The smallest absolute Gasteiger partial charge is 0.306 e. The van der Waals surface area contributed by atoms with Gasteiger partial charge in [0.2, 0.25) is 5.91 Å². The molecule has 7 nitrogen and oxygen atoms in total. The Bertz CT molecular complexity index is 548. The minimum Gasteiger partial charge on any atom is -0.494 e. The Balaban J connectivity index is 2.28. The number of hydrogen-bond donors (Lipinski definition) is 2. The molecule has 0 aliphatic rings. The molecule has 0 atom stereocenters. The number of rotatable bonds is 9. The van der Waals surface area contributed by atoms with E-state index in [1.54, 1.807) is 24.3 Å². The molecule has 1 rings (SSSR count). The molecule has 1 aromatic carbocycles. The minimum absolute atomic E-state index is 0.00306. The summed E-state index contributed by atoms with van der Waals surface area (Å²) in [4.78, 5) is 23.1. The highest BCUT2D eigenvalue weighted by Crippen LogP contribution is 2.15. The van der Waals surface area contributed by atoms with Crippen molar-refractivity contribution >= 4 is 34.9 Å². The first-order chi connectivity index (χ1) is 11.5. The monoisotopic (exact) mass is 354 g/mol. The lowest BCUT2D eigenvalue weighted by molar-refractivity contribution is -0.146. The van der Waals surface area contributed by atoms with Crippen molar-refractivity contribution in [2.24, 2.45) is 0 Å². The standard InChI is InChI=1S/C16H22N2O5S/c1-3-22-13-6-4-12(5-7-13)17-16(24)18-14(19)8-9-15(20)23-11-10-21-2/h4-7H,3,8-11H2,1-2H3,(H2,17,18,19,24). The highest BCUT2D eigenvalue weighted by Gasteiger charge is 2.09. The van der Waals surface area contributed by atoms with Gasteiger partial charge < -0.3 is 24.8 Å². The minimum atomic E-state index is -0.451. The summed E-state index contributed by atoms with van der Waals surface area (Å²) in [6, 6.07) is 7.17. The van der Waals surface area contributed by atoms with Gasteiger partial charge >= 0.3 is 5.97 Å². The maximum Gasteiger partial charge on any atom is 0.306 e. The van der Waals surface area contributed by atoms with Crippen LogP contribution in [0.25, 0.3) is 0 Å². The van der Waals surface area contributed by atoms with Crippen LogP contribution in [0.2, 0.25) is 0 Å². The number of methoxy groups -OCH3 is 1. The third-order valence-corrected chi connectivity index (χ3v) is 2.99. The first kappa shape index (κ1) is 19.9. The van der Waals surface area contributed by atoms with E-state index < -0.39 is 5.97 Å². The van der Waals surface area contributed by atoms with Gasteiger partial charge in [-0.3, -0.25) is 9.59 Å². The fourth-order valence-electron chi connectivity index (χ4n) is 1.68. The van der Waals surface area contributed by atoms with Gasteiger partial charge in [0, 0.05) is 19.2 Å². The second kappa shape index (κ2) is 11.4. The average Bonchev–Trinajstić information content (AvgIpc) is 2.55. The van der Waals surface area contributed by atoms with Crippen molar-refractivity contribution in [3.8, 4) is 5.75 Å². The fraction of sp³-hybridized carbons (Fsp3) is 0.438. The Morgan fingerprint density at radius 1 is 1.12 bits per heavy atom. The lowest BCUT2D eigenvalue weighted by Crippen LogP contribution is -2.34. The number of benzene rings is 1. The molecule has 0 saturated carbocycles. The predicted molar refractivity (Wildman–Crippen MR) is 94.0 cm³/mol. The summed E-state index contributed by atoms with van der Waals surface area (Å²) in [5.74, 6) is -0.0558. The van der Waals surface area contributed by atoms with E-state index in [1.165, 1.54) is 7.11 Å². The molecule has 0 bridgehead atoms. The Hall–Kier alpha value is -2.19. The number of hydrogen-bond acceptors (Lipinski definition) is 6. The summed E-state index contributed by atoms with van der Waals surface area (Å²) in [5.41, 5.74) is 0.725. The van der Waals surface area contributed by atoms with Crippen molar-refractivity contribution in [1.29, 1.82) is 0 Å². The van der Waals surface area contributed by atoms with Crippen LogP contribution in [0.15, 0.2) is 24.3 Å². The molecular weight excluding hydrogens is 332 g/mol. The van der Waals surface area contributed by atoms with E-state index in [0.29, 0.717) is 13.2 Å². The van der Waals surface area contributed by atoms with Crippen molar-refractivity contribution in [1.82, 2.24) is 5.32 Å².